The molecule has 0 saturated heterocycles. The molecule has 0 aliphatic carbocycles. The largest absolute Gasteiger partial charge is 0.278 e. The molecule has 0 fully saturated rings. The third-order valence-corrected chi connectivity index (χ3v) is 4.32. The van der Waals surface area contributed by atoms with Crippen LogP contribution in [0.1, 0.15) is 11.4 Å². The first-order valence-corrected chi connectivity index (χ1v) is 6.94. The van der Waals surface area contributed by atoms with Gasteiger partial charge in [0.1, 0.15) is 4.90 Å². The van der Waals surface area contributed by atoms with E-state index in [1.54, 1.807) is 20.9 Å². The molecule has 2 rings (SSSR count). The average Bonchev–Trinajstić information content (AvgIpc) is 2.56. The Morgan fingerprint density at radius 3 is 2.47 bits per heavy atom. The minimum absolute atomic E-state index is 0.124. The molecule has 0 spiro atoms. The summed E-state index contributed by atoms with van der Waals surface area (Å²) in [4.78, 5) is 3.52. The molecule has 102 valence electrons. The second-order valence-electron chi connectivity index (χ2n) is 4.10. The molecule has 0 radical (unpaired) electrons. The van der Waals surface area contributed by atoms with Crippen LogP contribution in [-0.2, 0) is 17.1 Å². The van der Waals surface area contributed by atoms with Crippen LogP contribution in [0.2, 0.25) is 0 Å². The molecule has 0 unspecified atom stereocenters. The third kappa shape index (κ3) is 2.58. The van der Waals surface area contributed by atoms with Gasteiger partial charge in [-0.2, -0.15) is 9.49 Å². The molecule has 0 amide bonds. The van der Waals surface area contributed by atoms with E-state index in [2.05, 4.69) is 14.8 Å². The standard InChI is InChI=1S/C11H13FN4O2S/c1-7-11(8(2)16(3)14-7)19(17,18)15-9-4-5-10(12)13-6-9/h4-6,15H,1-3H3. The van der Waals surface area contributed by atoms with E-state index in [0.29, 0.717) is 11.4 Å². The summed E-state index contributed by atoms with van der Waals surface area (Å²) >= 11 is 0. The Balaban J connectivity index is 2.40. The van der Waals surface area contributed by atoms with E-state index in [1.807, 2.05) is 0 Å². The van der Waals surface area contributed by atoms with Crippen molar-refractivity contribution in [1.82, 2.24) is 14.8 Å². The number of hydrogen-bond donors (Lipinski definition) is 1. The van der Waals surface area contributed by atoms with Crippen molar-refractivity contribution in [2.24, 2.45) is 7.05 Å². The van der Waals surface area contributed by atoms with Crippen molar-refractivity contribution in [2.75, 3.05) is 4.72 Å². The molecule has 0 atom stereocenters. The Kier molecular flexibility index (Phi) is 3.27. The Hall–Kier alpha value is -1.96. The van der Waals surface area contributed by atoms with E-state index < -0.39 is 16.0 Å². The normalized spacial score (nSPS) is 11.6. The zero-order valence-electron chi connectivity index (χ0n) is 10.7. The monoisotopic (exact) mass is 284 g/mol. The minimum Gasteiger partial charge on any atom is -0.278 e. The smallest absolute Gasteiger partial charge is 0.265 e. The summed E-state index contributed by atoms with van der Waals surface area (Å²) in [5, 5.41) is 4.05. The van der Waals surface area contributed by atoms with E-state index in [9.17, 15) is 12.8 Å². The lowest BCUT2D eigenvalue weighted by atomic mass is 10.4. The van der Waals surface area contributed by atoms with Gasteiger partial charge in [0.25, 0.3) is 10.0 Å². The van der Waals surface area contributed by atoms with Gasteiger partial charge in [-0.05, 0) is 26.0 Å². The van der Waals surface area contributed by atoms with Crippen molar-refractivity contribution < 1.29 is 12.8 Å². The van der Waals surface area contributed by atoms with Crippen LogP contribution in [0.5, 0.6) is 0 Å². The number of nitrogens with zero attached hydrogens (tertiary/aromatic N) is 3. The van der Waals surface area contributed by atoms with E-state index in [0.717, 1.165) is 12.3 Å². The number of rotatable bonds is 3. The van der Waals surface area contributed by atoms with Crippen LogP contribution in [0.15, 0.2) is 23.2 Å². The topological polar surface area (TPSA) is 76.9 Å². The first kappa shape index (κ1) is 13.5. The van der Waals surface area contributed by atoms with Gasteiger partial charge in [-0.25, -0.2) is 13.4 Å². The molecule has 0 aliphatic rings. The van der Waals surface area contributed by atoms with Crippen molar-refractivity contribution in [1.29, 1.82) is 0 Å². The summed E-state index contributed by atoms with van der Waals surface area (Å²) in [6, 6.07) is 2.39. The van der Waals surface area contributed by atoms with Gasteiger partial charge in [0.2, 0.25) is 5.95 Å². The molecule has 1 N–H and O–H groups in total. The van der Waals surface area contributed by atoms with E-state index in [4.69, 9.17) is 0 Å². The first-order chi connectivity index (χ1) is 8.81. The van der Waals surface area contributed by atoms with Gasteiger partial charge in [-0.1, -0.05) is 0 Å². The fraction of sp³-hybridized carbons (Fsp3) is 0.273. The summed E-state index contributed by atoms with van der Waals surface area (Å²) in [7, 11) is -2.10. The fourth-order valence-corrected chi connectivity index (χ4v) is 3.27. The van der Waals surface area contributed by atoms with Crippen molar-refractivity contribution in [2.45, 2.75) is 18.7 Å². The van der Waals surface area contributed by atoms with E-state index in [-0.39, 0.29) is 10.6 Å². The lowest BCUT2D eigenvalue weighted by Crippen LogP contribution is -2.15. The van der Waals surface area contributed by atoms with Crippen LogP contribution in [0.3, 0.4) is 0 Å². The maximum Gasteiger partial charge on any atom is 0.265 e. The average molecular weight is 284 g/mol. The zero-order valence-corrected chi connectivity index (χ0v) is 11.5. The SMILES string of the molecule is Cc1nn(C)c(C)c1S(=O)(=O)Nc1ccc(F)nc1. The molecular weight excluding hydrogens is 271 g/mol. The molecule has 2 heterocycles. The summed E-state index contributed by atoms with van der Waals surface area (Å²) in [6.45, 7) is 3.28. The van der Waals surface area contributed by atoms with Gasteiger partial charge < -0.3 is 0 Å². The first-order valence-electron chi connectivity index (χ1n) is 5.46. The van der Waals surface area contributed by atoms with Gasteiger partial charge in [0.15, 0.2) is 0 Å². The van der Waals surface area contributed by atoms with Gasteiger partial charge in [-0.15, -0.1) is 0 Å². The molecule has 0 bridgehead atoms. The number of aryl methyl sites for hydroxylation is 2. The lowest BCUT2D eigenvalue weighted by Gasteiger charge is -2.07. The molecule has 6 nitrogen and oxygen atoms in total. The van der Waals surface area contributed by atoms with Crippen molar-refractivity contribution >= 4 is 15.7 Å². The van der Waals surface area contributed by atoms with Crippen LogP contribution in [0, 0.1) is 19.8 Å². The van der Waals surface area contributed by atoms with Crippen molar-refractivity contribution in [3.8, 4) is 0 Å². The molecule has 8 heteroatoms. The van der Waals surface area contributed by atoms with Crippen LogP contribution >= 0.6 is 0 Å². The number of aromatic nitrogens is 3. The minimum atomic E-state index is -3.76. The molecule has 19 heavy (non-hydrogen) atoms. The van der Waals surface area contributed by atoms with Crippen LogP contribution < -0.4 is 4.72 Å². The number of sulfonamides is 1. The van der Waals surface area contributed by atoms with Gasteiger partial charge in [0, 0.05) is 7.05 Å². The number of nitrogens with one attached hydrogen (secondary N) is 1. The highest BCUT2D eigenvalue weighted by atomic mass is 32.2. The number of halogens is 1. The molecule has 2 aromatic rings. The Bertz CT molecular complexity index is 707. The Morgan fingerprint density at radius 2 is 2.00 bits per heavy atom. The predicted molar refractivity (Wildman–Crippen MR) is 67.7 cm³/mol. The van der Waals surface area contributed by atoms with Gasteiger partial charge in [-0.3, -0.25) is 9.40 Å². The quantitative estimate of drug-likeness (QED) is 0.864. The fourth-order valence-electron chi connectivity index (χ4n) is 1.79. The molecule has 0 aliphatic heterocycles. The third-order valence-electron chi connectivity index (χ3n) is 2.69. The molecular formula is C11H13FN4O2S. The Morgan fingerprint density at radius 1 is 1.32 bits per heavy atom. The predicted octanol–water partition coefficient (Wildman–Crippen LogP) is 1.37. The second-order valence-corrected chi connectivity index (χ2v) is 5.72. The number of pyridine rings is 1. The van der Waals surface area contributed by atoms with Crippen molar-refractivity contribution in [3.63, 3.8) is 0 Å². The lowest BCUT2D eigenvalue weighted by molar-refractivity contribution is 0.583. The summed E-state index contributed by atoms with van der Waals surface area (Å²) in [5.41, 5.74) is 1.13. The van der Waals surface area contributed by atoms with Crippen LogP contribution in [0.4, 0.5) is 10.1 Å². The molecule has 0 saturated carbocycles. The van der Waals surface area contributed by atoms with Crippen LogP contribution in [0.25, 0.3) is 0 Å². The summed E-state index contributed by atoms with van der Waals surface area (Å²) in [6.07, 6.45) is 1.12. The second kappa shape index (κ2) is 4.61. The number of hydrogen-bond acceptors (Lipinski definition) is 4. The zero-order chi connectivity index (χ0) is 14.2. The van der Waals surface area contributed by atoms with Gasteiger partial charge >= 0.3 is 0 Å². The van der Waals surface area contributed by atoms with Gasteiger partial charge in [0.05, 0.1) is 23.3 Å². The highest BCUT2D eigenvalue weighted by Crippen LogP contribution is 2.21. The van der Waals surface area contributed by atoms with E-state index >= 15 is 0 Å². The highest BCUT2D eigenvalue weighted by molar-refractivity contribution is 7.92. The maximum atomic E-state index is 12.7. The number of anilines is 1. The summed E-state index contributed by atoms with van der Waals surface area (Å²) < 4.78 is 41.0. The molecule has 2 aromatic heterocycles. The van der Waals surface area contributed by atoms with E-state index in [1.165, 1.54) is 10.7 Å². The maximum absolute atomic E-state index is 12.7. The summed E-state index contributed by atoms with van der Waals surface area (Å²) in [5.74, 6) is -0.670. The highest BCUT2D eigenvalue weighted by Gasteiger charge is 2.23. The van der Waals surface area contributed by atoms with Crippen molar-refractivity contribution in [3.05, 3.63) is 35.7 Å². The van der Waals surface area contributed by atoms with Crippen LogP contribution in [-0.4, -0.2) is 23.2 Å². The molecule has 0 aromatic carbocycles. The Labute approximate surface area is 110 Å².